The van der Waals surface area contributed by atoms with Crippen molar-refractivity contribution in [3.05, 3.63) is 30.1 Å². The zero-order valence-corrected chi connectivity index (χ0v) is 14.0. The van der Waals surface area contributed by atoms with Gasteiger partial charge >= 0.3 is 12.0 Å². The van der Waals surface area contributed by atoms with Crippen LogP contribution >= 0.6 is 0 Å². The molecule has 0 radical (unpaired) electrons. The molecule has 1 heterocycles. The summed E-state index contributed by atoms with van der Waals surface area (Å²) < 4.78 is 19.4. The van der Waals surface area contributed by atoms with Crippen LogP contribution in [-0.2, 0) is 4.79 Å². The molecule has 136 valence electrons. The molecule has 0 atom stereocenters. The molecule has 2 amide bonds. The highest BCUT2D eigenvalue weighted by Crippen LogP contribution is 2.31. The highest BCUT2D eigenvalue weighted by Gasteiger charge is 2.45. The van der Waals surface area contributed by atoms with Gasteiger partial charge in [-0.15, -0.1) is 0 Å². The first-order valence-electron chi connectivity index (χ1n) is 8.72. The Labute approximate surface area is 146 Å². The molecule has 2 N–H and O–H groups in total. The van der Waals surface area contributed by atoms with Crippen LogP contribution in [0, 0.1) is 5.82 Å². The fourth-order valence-corrected chi connectivity index (χ4v) is 3.50. The van der Waals surface area contributed by atoms with Crippen molar-refractivity contribution in [3.8, 4) is 5.75 Å². The Morgan fingerprint density at radius 3 is 2.44 bits per heavy atom. The average Bonchev–Trinajstić information content (AvgIpc) is 3.10. The molecule has 1 aromatic carbocycles. The molecule has 1 aliphatic heterocycles. The Kier molecular flexibility index (Phi) is 5.11. The van der Waals surface area contributed by atoms with Crippen molar-refractivity contribution < 1.29 is 23.8 Å². The molecule has 0 bridgehead atoms. The molecule has 3 rings (SSSR count). The van der Waals surface area contributed by atoms with Crippen molar-refractivity contribution in [2.75, 3.05) is 13.1 Å². The highest BCUT2D eigenvalue weighted by molar-refractivity contribution is 5.79. The number of piperidine rings is 1. The lowest BCUT2D eigenvalue weighted by molar-refractivity contribution is -0.159. The molecule has 0 aromatic heterocycles. The number of ether oxygens (including phenoxy) is 1. The number of para-hydroxylation sites is 1. The second-order valence-corrected chi connectivity index (χ2v) is 6.75. The molecule has 1 aliphatic carbocycles. The molecule has 0 unspecified atom stereocenters. The standard InChI is InChI=1S/C18H23FN2O4/c19-14-7-3-4-8-15(14)25-18(16(22)23)9-11-21(12-10-18)17(24)20-13-5-1-2-6-13/h3-4,7-8,13H,1-2,5-6,9-12H2,(H,20,24)(H,22,23). The first kappa shape index (κ1) is 17.5. The molecule has 1 saturated carbocycles. The molecular formula is C18H23FN2O4. The maximum Gasteiger partial charge on any atom is 0.348 e. The van der Waals surface area contributed by atoms with Crippen LogP contribution in [0.15, 0.2) is 24.3 Å². The first-order chi connectivity index (χ1) is 12.0. The lowest BCUT2D eigenvalue weighted by Crippen LogP contribution is -2.56. The second kappa shape index (κ2) is 7.29. The highest BCUT2D eigenvalue weighted by atomic mass is 19.1. The zero-order valence-electron chi connectivity index (χ0n) is 14.0. The maximum absolute atomic E-state index is 13.8. The van der Waals surface area contributed by atoms with E-state index >= 15 is 0 Å². The van der Waals surface area contributed by atoms with E-state index in [2.05, 4.69) is 5.32 Å². The largest absolute Gasteiger partial charge is 0.478 e. The van der Waals surface area contributed by atoms with Crippen molar-refractivity contribution in [2.45, 2.75) is 50.2 Å². The van der Waals surface area contributed by atoms with Gasteiger partial charge < -0.3 is 20.1 Å². The molecule has 2 aliphatic rings. The van der Waals surface area contributed by atoms with Gasteiger partial charge in [0.05, 0.1) is 0 Å². The zero-order chi connectivity index (χ0) is 17.9. The number of aliphatic carboxylic acids is 1. The summed E-state index contributed by atoms with van der Waals surface area (Å²) in [7, 11) is 0. The molecule has 1 aromatic rings. The minimum absolute atomic E-state index is 0.0752. The normalized spacial score (nSPS) is 20.3. The van der Waals surface area contributed by atoms with E-state index in [1.165, 1.54) is 18.2 Å². The van der Waals surface area contributed by atoms with Crippen LogP contribution < -0.4 is 10.1 Å². The number of hydrogen-bond donors (Lipinski definition) is 2. The summed E-state index contributed by atoms with van der Waals surface area (Å²) >= 11 is 0. The lowest BCUT2D eigenvalue weighted by Gasteiger charge is -2.39. The van der Waals surface area contributed by atoms with E-state index < -0.39 is 17.4 Å². The van der Waals surface area contributed by atoms with Crippen LogP contribution in [0.25, 0.3) is 0 Å². The Morgan fingerprint density at radius 2 is 1.84 bits per heavy atom. The number of nitrogens with zero attached hydrogens (tertiary/aromatic N) is 1. The number of carbonyl (C=O) groups excluding carboxylic acids is 1. The SMILES string of the molecule is O=C(NC1CCCC1)N1CCC(Oc2ccccc2F)(C(=O)O)CC1. The van der Waals surface area contributed by atoms with Gasteiger partial charge in [0.1, 0.15) is 0 Å². The molecule has 0 spiro atoms. The fourth-order valence-electron chi connectivity index (χ4n) is 3.50. The van der Waals surface area contributed by atoms with Gasteiger partial charge in [0.25, 0.3) is 0 Å². The first-order valence-corrected chi connectivity index (χ1v) is 8.72. The Hall–Kier alpha value is -2.31. The maximum atomic E-state index is 13.8. The predicted molar refractivity (Wildman–Crippen MR) is 89.0 cm³/mol. The van der Waals surface area contributed by atoms with Crippen LogP contribution in [0.3, 0.4) is 0 Å². The second-order valence-electron chi connectivity index (χ2n) is 6.75. The summed E-state index contributed by atoms with van der Waals surface area (Å²) in [5.74, 6) is -1.80. The summed E-state index contributed by atoms with van der Waals surface area (Å²) in [6.45, 7) is 0.526. The summed E-state index contributed by atoms with van der Waals surface area (Å²) in [4.78, 5) is 25.7. The van der Waals surface area contributed by atoms with Gasteiger partial charge in [-0.1, -0.05) is 25.0 Å². The molecule has 6 nitrogen and oxygen atoms in total. The number of carbonyl (C=O) groups is 2. The lowest BCUT2D eigenvalue weighted by atomic mass is 9.91. The van der Waals surface area contributed by atoms with E-state index in [1.807, 2.05) is 0 Å². The summed E-state index contributed by atoms with van der Waals surface area (Å²) in [5.41, 5.74) is -1.51. The van der Waals surface area contributed by atoms with Gasteiger partial charge in [0, 0.05) is 32.0 Å². The Bertz CT molecular complexity index is 638. The monoisotopic (exact) mass is 350 g/mol. The van der Waals surface area contributed by atoms with Gasteiger partial charge in [-0.2, -0.15) is 0 Å². The fraction of sp³-hybridized carbons (Fsp3) is 0.556. The topological polar surface area (TPSA) is 78.9 Å². The number of rotatable bonds is 4. The minimum atomic E-state index is -1.51. The van der Waals surface area contributed by atoms with E-state index in [-0.39, 0.29) is 43.8 Å². The van der Waals surface area contributed by atoms with Crippen LogP contribution in [0.2, 0.25) is 0 Å². The van der Waals surface area contributed by atoms with Gasteiger partial charge in [0.15, 0.2) is 11.6 Å². The molecule has 2 fully saturated rings. The van der Waals surface area contributed by atoms with Gasteiger partial charge in [-0.3, -0.25) is 0 Å². The Morgan fingerprint density at radius 1 is 1.20 bits per heavy atom. The molecule has 25 heavy (non-hydrogen) atoms. The van der Waals surface area contributed by atoms with Crippen LogP contribution in [-0.4, -0.2) is 46.7 Å². The van der Waals surface area contributed by atoms with Crippen LogP contribution in [0.1, 0.15) is 38.5 Å². The van der Waals surface area contributed by atoms with Crippen molar-refractivity contribution in [2.24, 2.45) is 0 Å². The number of benzene rings is 1. The van der Waals surface area contributed by atoms with Crippen LogP contribution in [0.4, 0.5) is 9.18 Å². The Balaban J connectivity index is 1.63. The van der Waals surface area contributed by atoms with Gasteiger partial charge in [-0.05, 0) is 25.0 Å². The van der Waals surface area contributed by atoms with Crippen molar-refractivity contribution >= 4 is 12.0 Å². The number of hydrogen-bond acceptors (Lipinski definition) is 3. The van der Waals surface area contributed by atoms with Gasteiger partial charge in [-0.25, -0.2) is 14.0 Å². The van der Waals surface area contributed by atoms with Crippen molar-refractivity contribution in [1.29, 1.82) is 0 Å². The number of nitrogens with one attached hydrogen (secondary N) is 1. The van der Waals surface area contributed by atoms with E-state index in [9.17, 15) is 19.1 Å². The summed E-state index contributed by atoms with van der Waals surface area (Å²) in [6, 6.07) is 5.82. The summed E-state index contributed by atoms with van der Waals surface area (Å²) in [5, 5.41) is 12.6. The number of halogens is 1. The number of likely N-dealkylation sites (tertiary alicyclic amines) is 1. The van der Waals surface area contributed by atoms with Crippen LogP contribution in [0.5, 0.6) is 5.75 Å². The quantitative estimate of drug-likeness (QED) is 0.875. The van der Waals surface area contributed by atoms with E-state index in [4.69, 9.17) is 4.74 Å². The molecular weight excluding hydrogens is 327 g/mol. The van der Waals surface area contributed by atoms with E-state index in [0.29, 0.717) is 0 Å². The third-order valence-electron chi connectivity index (χ3n) is 5.07. The third kappa shape index (κ3) is 3.86. The predicted octanol–water partition coefficient (Wildman–Crippen LogP) is 2.78. The average molecular weight is 350 g/mol. The summed E-state index contributed by atoms with van der Waals surface area (Å²) in [6.07, 6.45) is 4.49. The van der Waals surface area contributed by atoms with Crippen molar-refractivity contribution in [3.63, 3.8) is 0 Å². The minimum Gasteiger partial charge on any atom is -0.478 e. The van der Waals surface area contributed by atoms with E-state index in [0.717, 1.165) is 25.7 Å². The smallest absolute Gasteiger partial charge is 0.348 e. The number of carboxylic acids is 1. The van der Waals surface area contributed by atoms with E-state index in [1.54, 1.807) is 11.0 Å². The number of carboxylic acid groups (broad SMARTS) is 1. The molecule has 1 saturated heterocycles. The number of amides is 2. The van der Waals surface area contributed by atoms with Crippen molar-refractivity contribution in [1.82, 2.24) is 10.2 Å². The molecule has 7 heteroatoms. The number of urea groups is 1. The third-order valence-corrected chi connectivity index (χ3v) is 5.07. The van der Waals surface area contributed by atoms with Gasteiger partial charge in [0.2, 0.25) is 5.60 Å².